The van der Waals surface area contributed by atoms with Crippen LogP contribution in [0.2, 0.25) is 0 Å². The van der Waals surface area contributed by atoms with Crippen LogP contribution < -0.4 is 15.4 Å². The normalized spacial score (nSPS) is 15.2. The number of hydrogen-bond donors (Lipinski definition) is 3. The first-order chi connectivity index (χ1) is 10.1. The molecular weight excluding hydrogens is 272 g/mol. The molecule has 3 N–H and O–H groups in total. The molecule has 0 heterocycles. The molecule has 0 radical (unpaired) electrons. The highest BCUT2D eigenvalue weighted by atomic mass is 16.5. The Morgan fingerprint density at radius 1 is 1.24 bits per heavy atom. The maximum Gasteiger partial charge on any atom is 0.341 e. The highest BCUT2D eigenvalue weighted by Crippen LogP contribution is 2.19. The Morgan fingerprint density at radius 2 is 2.00 bits per heavy atom. The van der Waals surface area contributed by atoms with E-state index < -0.39 is 12.6 Å². The van der Waals surface area contributed by atoms with Crippen molar-refractivity contribution in [3.05, 3.63) is 24.3 Å². The van der Waals surface area contributed by atoms with Crippen molar-refractivity contribution in [2.45, 2.75) is 38.1 Å². The number of aliphatic carboxylic acids is 1. The Balaban J connectivity index is 1.85. The first kappa shape index (κ1) is 15.2. The second-order valence-electron chi connectivity index (χ2n) is 5.14. The van der Waals surface area contributed by atoms with E-state index in [0.29, 0.717) is 11.4 Å². The second-order valence-corrected chi connectivity index (χ2v) is 5.14. The summed E-state index contributed by atoms with van der Waals surface area (Å²) < 4.78 is 5.07. The van der Waals surface area contributed by atoms with E-state index in [2.05, 4.69) is 10.6 Å². The molecule has 1 fully saturated rings. The summed E-state index contributed by atoms with van der Waals surface area (Å²) in [6.07, 6.45) is 5.60. The van der Waals surface area contributed by atoms with Gasteiger partial charge in [-0.3, -0.25) is 0 Å². The van der Waals surface area contributed by atoms with Gasteiger partial charge in [-0.15, -0.1) is 0 Å². The van der Waals surface area contributed by atoms with Crippen molar-refractivity contribution in [3.63, 3.8) is 0 Å². The SMILES string of the molecule is O=C(O)COc1cccc(NC(=O)NC2CCCCC2)c1. The van der Waals surface area contributed by atoms with E-state index in [9.17, 15) is 9.59 Å². The summed E-state index contributed by atoms with van der Waals surface area (Å²) in [6.45, 7) is -0.405. The fraction of sp³-hybridized carbons (Fsp3) is 0.467. The van der Waals surface area contributed by atoms with Crippen LogP contribution in [0.4, 0.5) is 10.5 Å². The number of carboxylic acids is 1. The molecule has 2 amide bonds. The van der Waals surface area contributed by atoms with Crippen LogP contribution in [0.15, 0.2) is 24.3 Å². The quantitative estimate of drug-likeness (QED) is 0.778. The number of carboxylic acid groups (broad SMARTS) is 1. The summed E-state index contributed by atoms with van der Waals surface area (Å²) >= 11 is 0. The highest BCUT2D eigenvalue weighted by Gasteiger charge is 2.15. The van der Waals surface area contributed by atoms with Gasteiger partial charge in [-0.05, 0) is 25.0 Å². The number of benzene rings is 1. The number of anilines is 1. The average molecular weight is 292 g/mol. The number of amides is 2. The lowest BCUT2D eigenvalue weighted by Gasteiger charge is -2.22. The largest absolute Gasteiger partial charge is 0.482 e. The van der Waals surface area contributed by atoms with Gasteiger partial charge in [-0.2, -0.15) is 0 Å². The smallest absolute Gasteiger partial charge is 0.341 e. The minimum absolute atomic E-state index is 0.239. The highest BCUT2D eigenvalue weighted by molar-refractivity contribution is 5.89. The Bertz CT molecular complexity index is 498. The number of rotatable bonds is 5. The number of nitrogens with one attached hydrogen (secondary N) is 2. The molecule has 21 heavy (non-hydrogen) atoms. The van der Waals surface area contributed by atoms with E-state index in [1.54, 1.807) is 24.3 Å². The Labute approximate surface area is 123 Å². The maximum absolute atomic E-state index is 11.9. The molecule has 6 nitrogen and oxygen atoms in total. The summed E-state index contributed by atoms with van der Waals surface area (Å²) in [6, 6.07) is 6.68. The molecule has 6 heteroatoms. The van der Waals surface area contributed by atoms with Gasteiger partial charge in [0.2, 0.25) is 0 Å². The lowest BCUT2D eigenvalue weighted by Crippen LogP contribution is -2.39. The van der Waals surface area contributed by atoms with Gasteiger partial charge in [0, 0.05) is 17.8 Å². The number of carbonyl (C=O) groups is 2. The van der Waals surface area contributed by atoms with Crippen molar-refractivity contribution in [1.82, 2.24) is 5.32 Å². The Kier molecular flexibility index (Phi) is 5.43. The second kappa shape index (κ2) is 7.52. The summed E-state index contributed by atoms with van der Waals surface area (Å²) in [5, 5.41) is 14.3. The standard InChI is InChI=1S/C15H20N2O4/c18-14(19)10-21-13-8-4-7-12(9-13)17-15(20)16-11-5-2-1-3-6-11/h4,7-9,11H,1-3,5-6,10H2,(H,18,19)(H2,16,17,20). The third-order valence-corrected chi connectivity index (χ3v) is 3.39. The molecule has 2 rings (SSSR count). The lowest BCUT2D eigenvalue weighted by molar-refractivity contribution is -0.139. The first-order valence-electron chi connectivity index (χ1n) is 7.15. The molecule has 0 atom stereocenters. The summed E-state index contributed by atoms with van der Waals surface area (Å²) in [5.41, 5.74) is 0.575. The van der Waals surface area contributed by atoms with Crippen LogP contribution in [-0.4, -0.2) is 29.8 Å². The van der Waals surface area contributed by atoms with Gasteiger partial charge in [0.05, 0.1) is 0 Å². The van der Waals surface area contributed by atoms with Crippen molar-refractivity contribution in [1.29, 1.82) is 0 Å². The molecule has 1 saturated carbocycles. The maximum atomic E-state index is 11.9. The predicted molar refractivity (Wildman–Crippen MR) is 78.6 cm³/mol. The fourth-order valence-electron chi connectivity index (χ4n) is 2.41. The van der Waals surface area contributed by atoms with E-state index in [-0.39, 0.29) is 12.1 Å². The molecule has 0 aromatic heterocycles. The van der Waals surface area contributed by atoms with Crippen LogP contribution in [0.1, 0.15) is 32.1 Å². The average Bonchev–Trinajstić information content (AvgIpc) is 2.46. The molecule has 114 valence electrons. The molecule has 1 aromatic rings. The number of urea groups is 1. The van der Waals surface area contributed by atoms with Gasteiger partial charge in [-0.25, -0.2) is 9.59 Å². The van der Waals surface area contributed by atoms with Crippen molar-refractivity contribution in [2.75, 3.05) is 11.9 Å². The lowest BCUT2D eigenvalue weighted by atomic mass is 9.96. The van der Waals surface area contributed by atoms with Crippen LogP contribution in [0.5, 0.6) is 5.75 Å². The van der Waals surface area contributed by atoms with E-state index in [4.69, 9.17) is 9.84 Å². The molecular formula is C15H20N2O4. The van der Waals surface area contributed by atoms with E-state index in [1.807, 2.05) is 0 Å². The van der Waals surface area contributed by atoms with Gasteiger partial charge < -0.3 is 20.5 Å². The monoisotopic (exact) mass is 292 g/mol. The Morgan fingerprint density at radius 3 is 2.71 bits per heavy atom. The zero-order chi connectivity index (χ0) is 15.1. The fourth-order valence-corrected chi connectivity index (χ4v) is 2.41. The molecule has 0 saturated heterocycles. The van der Waals surface area contributed by atoms with Crippen LogP contribution in [-0.2, 0) is 4.79 Å². The topological polar surface area (TPSA) is 87.7 Å². The van der Waals surface area contributed by atoms with E-state index in [0.717, 1.165) is 25.7 Å². The van der Waals surface area contributed by atoms with E-state index in [1.165, 1.54) is 6.42 Å². The van der Waals surface area contributed by atoms with Crippen molar-refractivity contribution in [3.8, 4) is 5.75 Å². The number of carbonyl (C=O) groups excluding carboxylic acids is 1. The van der Waals surface area contributed by atoms with E-state index >= 15 is 0 Å². The Hall–Kier alpha value is -2.24. The van der Waals surface area contributed by atoms with Gasteiger partial charge in [0.15, 0.2) is 6.61 Å². The molecule has 0 unspecified atom stereocenters. The van der Waals surface area contributed by atoms with Gasteiger partial charge in [-0.1, -0.05) is 25.3 Å². The van der Waals surface area contributed by atoms with Gasteiger partial charge >= 0.3 is 12.0 Å². The predicted octanol–water partition coefficient (Wildman–Crippen LogP) is 2.60. The van der Waals surface area contributed by atoms with Gasteiger partial charge in [0.1, 0.15) is 5.75 Å². The van der Waals surface area contributed by atoms with Crippen molar-refractivity contribution in [2.24, 2.45) is 0 Å². The first-order valence-corrected chi connectivity index (χ1v) is 7.15. The number of ether oxygens (including phenoxy) is 1. The summed E-state index contributed by atoms with van der Waals surface area (Å²) in [5.74, 6) is -0.628. The number of hydrogen-bond acceptors (Lipinski definition) is 3. The van der Waals surface area contributed by atoms with Crippen molar-refractivity contribution < 1.29 is 19.4 Å². The minimum Gasteiger partial charge on any atom is -0.482 e. The third-order valence-electron chi connectivity index (χ3n) is 3.39. The van der Waals surface area contributed by atoms with Gasteiger partial charge in [0.25, 0.3) is 0 Å². The summed E-state index contributed by atoms with van der Waals surface area (Å²) in [7, 11) is 0. The van der Waals surface area contributed by atoms with Crippen LogP contribution in [0, 0.1) is 0 Å². The van der Waals surface area contributed by atoms with Crippen LogP contribution in [0.25, 0.3) is 0 Å². The third kappa shape index (κ3) is 5.33. The summed E-state index contributed by atoms with van der Waals surface area (Å²) in [4.78, 5) is 22.4. The zero-order valence-corrected chi connectivity index (χ0v) is 11.8. The van der Waals surface area contributed by atoms with Crippen LogP contribution >= 0.6 is 0 Å². The molecule has 0 bridgehead atoms. The zero-order valence-electron chi connectivity index (χ0n) is 11.8. The minimum atomic E-state index is -1.04. The molecule has 0 aliphatic heterocycles. The molecule has 1 aromatic carbocycles. The van der Waals surface area contributed by atoms with Crippen LogP contribution in [0.3, 0.4) is 0 Å². The molecule has 1 aliphatic rings. The molecule has 0 spiro atoms. The molecule has 1 aliphatic carbocycles. The van der Waals surface area contributed by atoms with Crippen molar-refractivity contribution >= 4 is 17.7 Å².